The van der Waals surface area contributed by atoms with Gasteiger partial charge in [-0.2, -0.15) is 0 Å². The van der Waals surface area contributed by atoms with E-state index in [0.29, 0.717) is 39.3 Å². The second kappa shape index (κ2) is 8.40. The monoisotopic (exact) mass is 418 g/mol. The Morgan fingerprint density at radius 1 is 0.893 bits per heavy atom. The summed E-state index contributed by atoms with van der Waals surface area (Å²) in [6.45, 7) is 3.07. The van der Waals surface area contributed by atoms with Crippen molar-refractivity contribution in [3.05, 3.63) is 28.6 Å². The fourth-order valence-corrected chi connectivity index (χ4v) is 5.15. The van der Waals surface area contributed by atoms with Gasteiger partial charge in [0, 0.05) is 44.6 Å². The van der Waals surface area contributed by atoms with Crippen LogP contribution in [0.1, 0.15) is 18.5 Å². The van der Waals surface area contributed by atoms with Crippen molar-refractivity contribution in [3.8, 4) is 9.88 Å². The first-order chi connectivity index (χ1) is 13.6. The van der Waals surface area contributed by atoms with Gasteiger partial charge in [0.2, 0.25) is 5.91 Å². The number of carbonyl (C=O) groups is 3. The topological polar surface area (TPSA) is 73.8 Å². The SMILES string of the molecule is O=C(Cc1csc(-c2cccs2)n1)N1CCN(C(=O)C(=O)N2CCCC2)CC1. The molecule has 3 amide bonds. The zero-order valence-corrected chi connectivity index (χ0v) is 17.1. The summed E-state index contributed by atoms with van der Waals surface area (Å²) in [5, 5.41) is 4.88. The van der Waals surface area contributed by atoms with Gasteiger partial charge in [-0.15, -0.1) is 22.7 Å². The summed E-state index contributed by atoms with van der Waals surface area (Å²) in [6.07, 6.45) is 2.20. The molecule has 0 aliphatic carbocycles. The fourth-order valence-electron chi connectivity index (χ4n) is 3.52. The molecule has 148 valence electrons. The van der Waals surface area contributed by atoms with Crippen LogP contribution in [-0.2, 0) is 20.8 Å². The Kier molecular flexibility index (Phi) is 5.72. The van der Waals surface area contributed by atoms with Gasteiger partial charge >= 0.3 is 11.8 Å². The largest absolute Gasteiger partial charge is 0.339 e. The van der Waals surface area contributed by atoms with E-state index in [0.717, 1.165) is 28.4 Å². The summed E-state index contributed by atoms with van der Waals surface area (Å²) in [6, 6.07) is 4.01. The molecule has 4 rings (SSSR count). The van der Waals surface area contributed by atoms with E-state index in [1.54, 1.807) is 37.4 Å². The van der Waals surface area contributed by atoms with Crippen LogP contribution in [-0.4, -0.2) is 76.7 Å². The molecule has 2 aromatic rings. The molecule has 2 fully saturated rings. The van der Waals surface area contributed by atoms with Crippen LogP contribution in [0.25, 0.3) is 9.88 Å². The molecule has 9 heteroatoms. The van der Waals surface area contributed by atoms with Gasteiger partial charge in [-0.05, 0) is 24.3 Å². The molecule has 0 bridgehead atoms. The molecule has 2 aliphatic rings. The van der Waals surface area contributed by atoms with Crippen molar-refractivity contribution in [1.29, 1.82) is 0 Å². The van der Waals surface area contributed by atoms with Crippen molar-refractivity contribution < 1.29 is 14.4 Å². The van der Waals surface area contributed by atoms with Gasteiger partial charge in [0.05, 0.1) is 17.0 Å². The van der Waals surface area contributed by atoms with E-state index in [1.165, 1.54) is 0 Å². The number of hydrogen-bond donors (Lipinski definition) is 0. The lowest BCUT2D eigenvalue weighted by atomic mass is 10.2. The predicted molar refractivity (Wildman–Crippen MR) is 108 cm³/mol. The minimum absolute atomic E-state index is 0.0148. The minimum Gasteiger partial charge on any atom is -0.339 e. The van der Waals surface area contributed by atoms with Crippen molar-refractivity contribution in [2.24, 2.45) is 0 Å². The molecule has 0 saturated carbocycles. The molecular weight excluding hydrogens is 396 g/mol. The smallest absolute Gasteiger partial charge is 0.312 e. The molecule has 4 heterocycles. The van der Waals surface area contributed by atoms with Gasteiger partial charge in [0.25, 0.3) is 0 Å². The van der Waals surface area contributed by atoms with E-state index >= 15 is 0 Å². The molecule has 2 saturated heterocycles. The van der Waals surface area contributed by atoms with Crippen LogP contribution in [0, 0.1) is 0 Å². The van der Waals surface area contributed by atoms with E-state index in [-0.39, 0.29) is 12.3 Å². The Bertz CT molecular complexity index is 850. The highest BCUT2D eigenvalue weighted by Gasteiger charge is 2.31. The molecule has 0 unspecified atom stereocenters. The summed E-state index contributed by atoms with van der Waals surface area (Å²) in [4.78, 5) is 47.9. The zero-order valence-electron chi connectivity index (χ0n) is 15.5. The second-order valence-corrected chi connectivity index (χ2v) is 8.78. The lowest BCUT2D eigenvalue weighted by molar-refractivity contribution is -0.153. The molecule has 0 radical (unpaired) electrons. The minimum atomic E-state index is -0.436. The maximum Gasteiger partial charge on any atom is 0.312 e. The molecule has 0 spiro atoms. The number of amides is 3. The Hall–Kier alpha value is -2.26. The fraction of sp³-hybridized carbons (Fsp3) is 0.474. The highest BCUT2D eigenvalue weighted by atomic mass is 32.1. The number of thiophene rings is 1. The Morgan fingerprint density at radius 2 is 1.54 bits per heavy atom. The highest BCUT2D eigenvalue weighted by Crippen LogP contribution is 2.28. The molecule has 0 aromatic carbocycles. The standard InChI is InChI=1S/C19H22N4O3S2/c24-16(12-14-13-28-17(20-14)15-4-3-11-27-15)21-7-9-23(10-8-21)19(26)18(25)22-5-1-2-6-22/h3-4,11,13H,1-2,5-10,12H2. The van der Waals surface area contributed by atoms with E-state index in [9.17, 15) is 14.4 Å². The van der Waals surface area contributed by atoms with Crippen molar-refractivity contribution >= 4 is 40.4 Å². The lowest BCUT2D eigenvalue weighted by Gasteiger charge is -2.35. The average molecular weight is 419 g/mol. The Labute approximate surface area is 171 Å². The summed E-state index contributed by atoms with van der Waals surface area (Å²) >= 11 is 3.18. The predicted octanol–water partition coefficient (Wildman–Crippen LogP) is 1.71. The van der Waals surface area contributed by atoms with Crippen molar-refractivity contribution in [2.45, 2.75) is 19.3 Å². The normalized spacial score (nSPS) is 17.2. The molecule has 2 aliphatic heterocycles. The summed E-state index contributed by atoms with van der Waals surface area (Å²) in [7, 11) is 0. The van der Waals surface area contributed by atoms with Crippen LogP contribution in [0.15, 0.2) is 22.9 Å². The van der Waals surface area contributed by atoms with E-state index in [4.69, 9.17) is 0 Å². The maximum atomic E-state index is 12.6. The van der Waals surface area contributed by atoms with Gasteiger partial charge in [-0.3, -0.25) is 14.4 Å². The van der Waals surface area contributed by atoms with E-state index in [1.807, 2.05) is 22.9 Å². The number of piperazine rings is 1. The molecule has 0 N–H and O–H groups in total. The number of carbonyl (C=O) groups excluding carboxylic acids is 3. The molecule has 2 aromatic heterocycles. The number of thiazole rings is 1. The number of likely N-dealkylation sites (tertiary alicyclic amines) is 1. The van der Waals surface area contributed by atoms with Gasteiger partial charge in [-0.1, -0.05) is 6.07 Å². The van der Waals surface area contributed by atoms with Gasteiger partial charge in [0.15, 0.2) is 0 Å². The highest BCUT2D eigenvalue weighted by molar-refractivity contribution is 7.20. The lowest BCUT2D eigenvalue weighted by Crippen LogP contribution is -2.54. The summed E-state index contributed by atoms with van der Waals surface area (Å²) < 4.78 is 0. The van der Waals surface area contributed by atoms with Gasteiger partial charge in [-0.25, -0.2) is 4.98 Å². The van der Waals surface area contributed by atoms with Crippen LogP contribution < -0.4 is 0 Å². The van der Waals surface area contributed by atoms with Gasteiger partial charge < -0.3 is 14.7 Å². The van der Waals surface area contributed by atoms with Crippen LogP contribution >= 0.6 is 22.7 Å². The third-order valence-electron chi connectivity index (χ3n) is 5.11. The van der Waals surface area contributed by atoms with Gasteiger partial charge in [0.1, 0.15) is 5.01 Å². The molecular formula is C19H22N4O3S2. The quantitative estimate of drug-likeness (QED) is 0.712. The first-order valence-corrected chi connectivity index (χ1v) is 11.2. The maximum absolute atomic E-state index is 12.6. The zero-order chi connectivity index (χ0) is 19.5. The number of nitrogens with zero attached hydrogens (tertiary/aromatic N) is 4. The first kappa shape index (κ1) is 19.1. The Morgan fingerprint density at radius 3 is 2.18 bits per heavy atom. The number of hydrogen-bond acceptors (Lipinski definition) is 6. The summed E-state index contributed by atoms with van der Waals surface area (Å²) in [5.41, 5.74) is 0.779. The van der Waals surface area contributed by atoms with Crippen molar-refractivity contribution in [2.75, 3.05) is 39.3 Å². The molecule has 7 nitrogen and oxygen atoms in total. The van der Waals surface area contributed by atoms with Crippen molar-refractivity contribution in [1.82, 2.24) is 19.7 Å². The third-order valence-corrected chi connectivity index (χ3v) is 7.04. The van der Waals surface area contributed by atoms with Crippen LogP contribution in [0.5, 0.6) is 0 Å². The first-order valence-electron chi connectivity index (χ1n) is 9.46. The average Bonchev–Trinajstić information content (AvgIpc) is 3.49. The van der Waals surface area contributed by atoms with Crippen LogP contribution in [0.2, 0.25) is 0 Å². The van der Waals surface area contributed by atoms with E-state index in [2.05, 4.69) is 4.98 Å². The Balaban J connectivity index is 1.28. The number of rotatable bonds is 3. The van der Waals surface area contributed by atoms with E-state index < -0.39 is 11.8 Å². The van der Waals surface area contributed by atoms with Crippen LogP contribution in [0.3, 0.4) is 0 Å². The summed E-state index contributed by atoms with van der Waals surface area (Å²) in [5.74, 6) is -0.823. The molecule has 0 atom stereocenters. The second-order valence-electron chi connectivity index (χ2n) is 6.97. The van der Waals surface area contributed by atoms with Crippen LogP contribution in [0.4, 0.5) is 0 Å². The third kappa shape index (κ3) is 4.10. The number of aromatic nitrogens is 1. The molecule has 28 heavy (non-hydrogen) atoms. The van der Waals surface area contributed by atoms with Crippen molar-refractivity contribution in [3.63, 3.8) is 0 Å².